The highest BCUT2D eigenvalue weighted by Gasteiger charge is 2.19. The molecule has 0 saturated carbocycles. The van der Waals surface area contributed by atoms with Crippen LogP contribution in [0.2, 0.25) is 0 Å². The van der Waals surface area contributed by atoms with Gasteiger partial charge in [-0.1, -0.05) is 0 Å². The van der Waals surface area contributed by atoms with Gasteiger partial charge >= 0.3 is 6.09 Å². The minimum Gasteiger partial charge on any atom is -0.444 e. The lowest BCUT2D eigenvalue weighted by molar-refractivity contribution is 0.0524. The zero-order valence-corrected chi connectivity index (χ0v) is 13.0. The number of carbonyl (C=O) groups is 1. The molecule has 0 spiro atoms. The van der Waals surface area contributed by atoms with Crippen LogP contribution in [0.3, 0.4) is 0 Å². The van der Waals surface area contributed by atoms with Crippen molar-refractivity contribution < 1.29 is 9.53 Å². The van der Waals surface area contributed by atoms with E-state index in [0.29, 0.717) is 13.1 Å². The molecule has 1 aromatic heterocycles. The van der Waals surface area contributed by atoms with Crippen LogP contribution >= 0.6 is 15.9 Å². The third-order valence-corrected chi connectivity index (χ3v) is 3.02. The second-order valence-electron chi connectivity index (χ2n) is 5.19. The fourth-order valence-electron chi connectivity index (χ4n) is 1.51. The number of nitrogens with one attached hydrogen (secondary N) is 1. The molecule has 1 unspecified atom stereocenters. The second-order valence-corrected chi connectivity index (χ2v) is 6.04. The molecule has 0 saturated heterocycles. The maximum absolute atomic E-state index is 11.6. The molecule has 1 heterocycles. The molecule has 1 rings (SSSR count). The molecule has 3 N–H and O–H groups in total. The number of hydrogen-bond acceptors (Lipinski definition) is 4. The Bertz CT molecular complexity index is 432. The highest BCUT2D eigenvalue weighted by atomic mass is 79.9. The summed E-state index contributed by atoms with van der Waals surface area (Å²) in [5, 5.41) is 2.71. The number of halogens is 1. The second kappa shape index (κ2) is 6.86. The number of nitrogens with zero attached hydrogens (tertiary/aromatic N) is 1. The van der Waals surface area contributed by atoms with Crippen molar-refractivity contribution in [3.63, 3.8) is 0 Å². The van der Waals surface area contributed by atoms with Gasteiger partial charge in [-0.2, -0.15) is 0 Å². The minimum absolute atomic E-state index is 0.0527. The Kier molecular flexibility index (Phi) is 5.75. The van der Waals surface area contributed by atoms with E-state index in [0.717, 1.165) is 10.2 Å². The van der Waals surface area contributed by atoms with Crippen LogP contribution in [0.25, 0.3) is 0 Å². The van der Waals surface area contributed by atoms with Crippen LogP contribution in [-0.2, 0) is 4.74 Å². The van der Waals surface area contributed by atoms with E-state index in [-0.39, 0.29) is 5.92 Å². The normalized spacial score (nSPS) is 12.9. The first-order chi connectivity index (χ1) is 8.83. The lowest BCUT2D eigenvalue weighted by atomic mass is 10.1. The maximum Gasteiger partial charge on any atom is 0.407 e. The molecule has 19 heavy (non-hydrogen) atoms. The summed E-state index contributed by atoms with van der Waals surface area (Å²) in [6.45, 7) is 6.25. The lowest BCUT2D eigenvalue weighted by Crippen LogP contribution is -2.36. The third-order valence-electron chi connectivity index (χ3n) is 2.35. The van der Waals surface area contributed by atoms with Crippen molar-refractivity contribution in [2.75, 3.05) is 13.1 Å². The van der Waals surface area contributed by atoms with Gasteiger partial charge in [0.2, 0.25) is 0 Å². The van der Waals surface area contributed by atoms with Crippen LogP contribution in [0, 0.1) is 0 Å². The third kappa shape index (κ3) is 5.57. The molecule has 0 aliphatic rings. The van der Waals surface area contributed by atoms with Crippen LogP contribution in [-0.4, -0.2) is 29.8 Å². The van der Waals surface area contributed by atoms with Crippen molar-refractivity contribution in [1.29, 1.82) is 0 Å². The number of aromatic nitrogens is 1. The molecular weight excluding hydrogens is 310 g/mol. The summed E-state index contributed by atoms with van der Waals surface area (Å²) in [5.41, 5.74) is 6.06. The van der Waals surface area contributed by atoms with Crippen molar-refractivity contribution >= 4 is 22.0 Å². The van der Waals surface area contributed by atoms with E-state index in [1.165, 1.54) is 0 Å². The van der Waals surface area contributed by atoms with Gasteiger partial charge in [0.1, 0.15) is 5.60 Å². The smallest absolute Gasteiger partial charge is 0.407 e. The predicted molar refractivity (Wildman–Crippen MR) is 78.0 cm³/mol. The zero-order chi connectivity index (χ0) is 14.5. The molecule has 0 aromatic carbocycles. The van der Waals surface area contributed by atoms with Gasteiger partial charge in [0.15, 0.2) is 0 Å². The van der Waals surface area contributed by atoms with E-state index < -0.39 is 11.7 Å². The average molecular weight is 330 g/mol. The first-order valence-corrected chi connectivity index (χ1v) is 6.90. The number of carbonyl (C=O) groups excluding carboxylic acids is 1. The van der Waals surface area contributed by atoms with E-state index >= 15 is 0 Å². The Hall–Kier alpha value is -1.14. The van der Waals surface area contributed by atoms with E-state index in [1.54, 1.807) is 6.20 Å². The summed E-state index contributed by atoms with van der Waals surface area (Å²) in [4.78, 5) is 15.9. The number of hydrogen-bond donors (Lipinski definition) is 2. The Morgan fingerprint density at radius 2 is 2.26 bits per heavy atom. The molecule has 0 aliphatic carbocycles. The Labute approximate surface area is 122 Å². The van der Waals surface area contributed by atoms with Gasteiger partial charge in [0.25, 0.3) is 0 Å². The molecule has 1 amide bonds. The molecule has 5 nitrogen and oxygen atoms in total. The predicted octanol–water partition coefficient (Wildman–Crippen LogP) is 2.41. The highest BCUT2D eigenvalue weighted by Crippen LogP contribution is 2.21. The lowest BCUT2D eigenvalue weighted by Gasteiger charge is -2.21. The number of pyridine rings is 1. The quantitative estimate of drug-likeness (QED) is 0.889. The molecule has 0 radical (unpaired) electrons. The van der Waals surface area contributed by atoms with Gasteiger partial charge < -0.3 is 15.8 Å². The number of amides is 1. The van der Waals surface area contributed by atoms with Crippen molar-refractivity contribution in [3.05, 3.63) is 28.5 Å². The molecule has 106 valence electrons. The number of rotatable bonds is 4. The topological polar surface area (TPSA) is 77.2 Å². The molecule has 6 heteroatoms. The van der Waals surface area contributed by atoms with Gasteiger partial charge in [-0.15, -0.1) is 0 Å². The summed E-state index contributed by atoms with van der Waals surface area (Å²) in [7, 11) is 0. The van der Waals surface area contributed by atoms with Gasteiger partial charge in [-0.05, 0) is 48.8 Å². The van der Waals surface area contributed by atoms with E-state index in [2.05, 4.69) is 26.2 Å². The van der Waals surface area contributed by atoms with Crippen LogP contribution in [0.4, 0.5) is 4.79 Å². The van der Waals surface area contributed by atoms with E-state index in [9.17, 15) is 4.79 Å². The molecule has 1 atom stereocenters. The van der Waals surface area contributed by atoms with Crippen LogP contribution < -0.4 is 11.1 Å². The fourth-order valence-corrected chi connectivity index (χ4v) is 2.09. The Morgan fingerprint density at radius 1 is 1.58 bits per heavy atom. The Balaban J connectivity index is 2.59. The zero-order valence-electron chi connectivity index (χ0n) is 11.4. The maximum atomic E-state index is 11.6. The molecule has 0 fully saturated rings. The highest BCUT2D eigenvalue weighted by molar-refractivity contribution is 9.10. The fraction of sp³-hybridized carbons (Fsp3) is 0.538. The van der Waals surface area contributed by atoms with Gasteiger partial charge in [0, 0.05) is 29.7 Å². The van der Waals surface area contributed by atoms with Crippen molar-refractivity contribution in [2.24, 2.45) is 5.73 Å². The minimum atomic E-state index is -0.506. The number of alkyl carbamates (subject to hydrolysis) is 1. The molecule has 1 aromatic rings. The van der Waals surface area contributed by atoms with Crippen molar-refractivity contribution in [2.45, 2.75) is 32.3 Å². The summed E-state index contributed by atoms with van der Waals surface area (Å²) in [6.07, 6.45) is 1.26. The van der Waals surface area contributed by atoms with E-state index in [1.807, 2.05) is 32.9 Å². The van der Waals surface area contributed by atoms with Crippen LogP contribution in [0.15, 0.2) is 22.8 Å². The first kappa shape index (κ1) is 15.9. The summed E-state index contributed by atoms with van der Waals surface area (Å²) < 4.78 is 6.06. The summed E-state index contributed by atoms with van der Waals surface area (Å²) >= 11 is 3.43. The number of nitrogens with two attached hydrogens (primary N) is 1. The summed E-state index contributed by atoms with van der Waals surface area (Å²) in [5.74, 6) is -0.0527. The SMILES string of the molecule is CC(C)(C)OC(=O)NCC(CN)c1ncccc1Br. The molecular formula is C13H20BrN3O2. The summed E-state index contributed by atoms with van der Waals surface area (Å²) in [6, 6.07) is 3.74. The van der Waals surface area contributed by atoms with Crippen LogP contribution in [0.5, 0.6) is 0 Å². The van der Waals surface area contributed by atoms with Crippen molar-refractivity contribution in [3.8, 4) is 0 Å². The average Bonchev–Trinajstić information content (AvgIpc) is 2.29. The molecule has 0 bridgehead atoms. The van der Waals surface area contributed by atoms with Gasteiger partial charge in [-0.3, -0.25) is 4.98 Å². The van der Waals surface area contributed by atoms with Gasteiger partial charge in [-0.25, -0.2) is 4.79 Å². The number of ether oxygens (including phenoxy) is 1. The largest absolute Gasteiger partial charge is 0.444 e. The van der Waals surface area contributed by atoms with E-state index in [4.69, 9.17) is 10.5 Å². The Morgan fingerprint density at radius 3 is 2.79 bits per heavy atom. The monoisotopic (exact) mass is 329 g/mol. The molecule has 0 aliphatic heterocycles. The van der Waals surface area contributed by atoms with Crippen molar-refractivity contribution in [1.82, 2.24) is 10.3 Å². The standard InChI is InChI=1S/C13H20BrN3O2/c1-13(2,3)19-12(18)17-8-9(7-15)11-10(14)5-4-6-16-11/h4-6,9H,7-8,15H2,1-3H3,(H,17,18). The van der Waals surface area contributed by atoms with Gasteiger partial charge in [0.05, 0.1) is 5.69 Å². The first-order valence-electron chi connectivity index (χ1n) is 6.11. The van der Waals surface area contributed by atoms with Crippen LogP contribution in [0.1, 0.15) is 32.4 Å².